The van der Waals surface area contributed by atoms with Gasteiger partial charge in [-0.25, -0.2) is 4.98 Å². The summed E-state index contributed by atoms with van der Waals surface area (Å²) in [4.78, 5) is 6.50. The number of rotatable bonds is 4. The smallest absolute Gasteiger partial charge is 0.215 e. The molecule has 0 bridgehead atoms. The summed E-state index contributed by atoms with van der Waals surface area (Å²) in [6, 6.07) is 13.4. The van der Waals surface area contributed by atoms with Crippen molar-refractivity contribution in [1.29, 1.82) is 0 Å². The first kappa shape index (κ1) is 13.3. The van der Waals surface area contributed by atoms with E-state index in [1.807, 2.05) is 54.4 Å². The maximum absolute atomic E-state index is 5.90. The minimum absolute atomic E-state index is 0.557. The van der Waals surface area contributed by atoms with Crippen molar-refractivity contribution in [2.45, 2.75) is 6.54 Å². The van der Waals surface area contributed by atoms with Crippen molar-refractivity contribution in [3.8, 4) is 5.75 Å². The highest BCUT2D eigenvalue weighted by Gasteiger charge is 2.11. The molecule has 2 aromatic carbocycles. The van der Waals surface area contributed by atoms with Crippen LogP contribution in [-0.4, -0.2) is 19.1 Å². The highest BCUT2D eigenvalue weighted by atomic mass is 16.5. The molecule has 0 saturated heterocycles. The highest BCUT2D eigenvalue weighted by Crippen LogP contribution is 2.24. The van der Waals surface area contributed by atoms with Gasteiger partial charge in [0.05, 0.1) is 19.3 Å². The van der Waals surface area contributed by atoms with Crippen molar-refractivity contribution in [3.05, 3.63) is 48.4 Å². The van der Waals surface area contributed by atoms with Crippen molar-refractivity contribution in [2.24, 2.45) is 0 Å². The van der Waals surface area contributed by atoms with Gasteiger partial charge in [-0.05, 0) is 24.3 Å². The zero-order chi connectivity index (χ0) is 14.8. The van der Waals surface area contributed by atoms with E-state index in [0.29, 0.717) is 29.2 Å². The monoisotopic (exact) mass is 283 g/mol. The standard InChI is InChI=1S/C16H17N3O2/c1-19(11-5-3-6-12(9-11)20-2)10-15-18-16-13(17)7-4-8-14(16)21-15/h3-9H,10,17H2,1-2H3. The summed E-state index contributed by atoms with van der Waals surface area (Å²) in [5.74, 6) is 1.45. The van der Waals surface area contributed by atoms with Crippen molar-refractivity contribution >= 4 is 22.5 Å². The van der Waals surface area contributed by atoms with Gasteiger partial charge in [-0.3, -0.25) is 0 Å². The number of hydrogen-bond donors (Lipinski definition) is 1. The molecule has 5 nitrogen and oxygen atoms in total. The topological polar surface area (TPSA) is 64.5 Å². The molecule has 0 aliphatic carbocycles. The van der Waals surface area contributed by atoms with Crippen molar-refractivity contribution < 1.29 is 9.15 Å². The van der Waals surface area contributed by atoms with E-state index in [-0.39, 0.29) is 0 Å². The van der Waals surface area contributed by atoms with Gasteiger partial charge in [0.15, 0.2) is 5.58 Å². The number of oxazole rings is 1. The van der Waals surface area contributed by atoms with Gasteiger partial charge in [-0.15, -0.1) is 0 Å². The van der Waals surface area contributed by atoms with Gasteiger partial charge in [-0.1, -0.05) is 12.1 Å². The third-order valence-electron chi connectivity index (χ3n) is 3.36. The SMILES string of the molecule is COc1cccc(N(C)Cc2nc3c(N)cccc3o2)c1. The van der Waals surface area contributed by atoms with E-state index < -0.39 is 0 Å². The zero-order valence-corrected chi connectivity index (χ0v) is 12.0. The van der Waals surface area contributed by atoms with Crippen LogP contribution in [0.25, 0.3) is 11.1 Å². The van der Waals surface area contributed by atoms with Crippen LogP contribution in [0.15, 0.2) is 46.9 Å². The van der Waals surface area contributed by atoms with E-state index >= 15 is 0 Å². The molecule has 21 heavy (non-hydrogen) atoms. The van der Waals surface area contributed by atoms with E-state index in [0.717, 1.165) is 11.4 Å². The maximum Gasteiger partial charge on any atom is 0.215 e. The fourth-order valence-electron chi connectivity index (χ4n) is 2.23. The molecule has 2 N–H and O–H groups in total. The first-order chi connectivity index (χ1) is 10.2. The fraction of sp³-hybridized carbons (Fsp3) is 0.188. The Bertz CT molecular complexity index is 767. The molecule has 3 rings (SSSR count). The van der Waals surface area contributed by atoms with Gasteiger partial charge in [-0.2, -0.15) is 0 Å². The molecule has 0 amide bonds. The van der Waals surface area contributed by atoms with Gasteiger partial charge >= 0.3 is 0 Å². The zero-order valence-electron chi connectivity index (χ0n) is 12.0. The molecule has 0 aliphatic rings. The fourth-order valence-corrected chi connectivity index (χ4v) is 2.23. The first-order valence-corrected chi connectivity index (χ1v) is 6.66. The molecule has 1 aromatic heterocycles. The maximum atomic E-state index is 5.90. The molecule has 0 atom stereocenters. The largest absolute Gasteiger partial charge is 0.497 e. The van der Waals surface area contributed by atoms with Gasteiger partial charge in [0, 0.05) is 18.8 Å². The summed E-state index contributed by atoms with van der Waals surface area (Å²) in [7, 11) is 3.63. The lowest BCUT2D eigenvalue weighted by Gasteiger charge is -2.17. The van der Waals surface area contributed by atoms with E-state index in [1.165, 1.54) is 0 Å². The second-order valence-corrected chi connectivity index (χ2v) is 4.86. The van der Waals surface area contributed by atoms with Crippen LogP contribution in [0.2, 0.25) is 0 Å². The van der Waals surface area contributed by atoms with Gasteiger partial charge < -0.3 is 19.8 Å². The second-order valence-electron chi connectivity index (χ2n) is 4.86. The lowest BCUT2D eigenvalue weighted by atomic mass is 10.3. The van der Waals surface area contributed by atoms with Crippen molar-refractivity contribution in [1.82, 2.24) is 4.98 Å². The van der Waals surface area contributed by atoms with Crippen LogP contribution < -0.4 is 15.4 Å². The van der Waals surface area contributed by atoms with Crippen LogP contribution in [-0.2, 0) is 6.54 Å². The molecule has 0 saturated carbocycles. The molecule has 1 heterocycles. The average Bonchev–Trinajstić information content (AvgIpc) is 2.91. The Kier molecular flexibility index (Phi) is 3.39. The summed E-state index contributed by atoms with van der Waals surface area (Å²) < 4.78 is 11.0. The Balaban J connectivity index is 1.85. The summed E-state index contributed by atoms with van der Waals surface area (Å²) >= 11 is 0. The number of para-hydroxylation sites is 1. The predicted molar refractivity (Wildman–Crippen MR) is 83.5 cm³/mol. The Morgan fingerprint density at radius 2 is 2.05 bits per heavy atom. The van der Waals surface area contributed by atoms with Gasteiger partial charge in [0.25, 0.3) is 0 Å². The number of nitrogen functional groups attached to an aromatic ring is 1. The summed E-state index contributed by atoms with van der Waals surface area (Å²) in [5, 5.41) is 0. The molecule has 3 aromatic rings. The number of benzene rings is 2. The van der Waals surface area contributed by atoms with Crippen molar-refractivity contribution in [2.75, 3.05) is 24.8 Å². The van der Waals surface area contributed by atoms with Crippen LogP contribution in [0.4, 0.5) is 11.4 Å². The number of nitrogens with two attached hydrogens (primary N) is 1. The summed E-state index contributed by atoms with van der Waals surface area (Å²) in [5.41, 5.74) is 8.99. The lowest BCUT2D eigenvalue weighted by Crippen LogP contribution is -2.16. The second kappa shape index (κ2) is 5.36. The number of aromatic nitrogens is 1. The quantitative estimate of drug-likeness (QED) is 0.745. The molecular formula is C16H17N3O2. The van der Waals surface area contributed by atoms with Crippen LogP contribution in [0.5, 0.6) is 5.75 Å². The Morgan fingerprint density at radius 1 is 1.24 bits per heavy atom. The number of hydrogen-bond acceptors (Lipinski definition) is 5. The summed E-state index contributed by atoms with van der Waals surface area (Å²) in [6.45, 7) is 0.557. The van der Waals surface area contributed by atoms with E-state index in [1.54, 1.807) is 7.11 Å². The average molecular weight is 283 g/mol. The molecule has 0 unspecified atom stereocenters. The summed E-state index contributed by atoms with van der Waals surface area (Å²) in [6.07, 6.45) is 0. The molecule has 0 spiro atoms. The van der Waals surface area contributed by atoms with E-state index in [2.05, 4.69) is 4.98 Å². The predicted octanol–water partition coefficient (Wildman–Crippen LogP) is 3.06. The van der Waals surface area contributed by atoms with E-state index in [9.17, 15) is 0 Å². The number of ether oxygens (including phenoxy) is 1. The molecule has 5 heteroatoms. The van der Waals surface area contributed by atoms with Crippen LogP contribution in [0, 0.1) is 0 Å². The minimum Gasteiger partial charge on any atom is -0.497 e. The highest BCUT2D eigenvalue weighted by molar-refractivity contribution is 5.85. The number of fused-ring (bicyclic) bond motifs is 1. The number of nitrogens with zero attached hydrogens (tertiary/aromatic N) is 2. The van der Waals surface area contributed by atoms with Crippen LogP contribution in [0.3, 0.4) is 0 Å². The normalized spacial score (nSPS) is 10.8. The molecule has 108 valence electrons. The first-order valence-electron chi connectivity index (χ1n) is 6.66. The number of methoxy groups -OCH3 is 1. The molecule has 0 aliphatic heterocycles. The third-order valence-corrected chi connectivity index (χ3v) is 3.36. The Labute approximate surface area is 122 Å². The van der Waals surface area contributed by atoms with E-state index in [4.69, 9.17) is 14.9 Å². The minimum atomic E-state index is 0.557. The van der Waals surface area contributed by atoms with Gasteiger partial charge in [0.2, 0.25) is 5.89 Å². The molecule has 0 radical (unpaired) electrons. The van der Waals surface area contributed by atoms with Crippen LogP contribution in [0.1, 0.15) is 5.89 Å². The van der Waals surface area contributed by atoms with Gasteiger partial charge in [0.1, 0.15) is 11.3 Å². The van der Waals surface area contributed by atoms with Crippen molar-refractivity contribution in [3.63, 3.8) is 0 Å². The molecule has 0 fully saturated rings. The third kappa shape index (κ3) is 2.63. The van der Waals surface area contributed by atoms with Crippen LogP contribution >= 0.6 is 0 Å². The molecular weight excluding hydrogens is 266 g/mol. The lowest BCUT2D eigenvalue weighted by molar-refractivity contribution is 0.414. The Morgan fingerprint density at radius 3 is 2.81 bits per heavy atom. The Hall–Kier alpha value is -2.69. The number of anilines is 2.